The molecule has 0 saturated carbocycles. The van der Waals surface area contributed by atoms with Crippen LogP contribution in [0.1, 0.15) is 35.7 Å². The van der Waals surface area contributed by atoms with E-state index in [1.807, 2.05) is 27.0 Å². The summed E-state index contributed by atoms with van der Waals surface area (Å²) in [5.74, 6) is -0.0451. The Morgan fingerprint density at radius 2 is 1.50 bits per heavy atom. The lowest BCUT2D eigenvalue weighted by molar-refractivity contribution is 0.0689. The number of amides is 1. The highest BCUT2D eigenvalue weighted by Crippen LogP contribution is 2.25. The van der Waals surface area contributed by atoms with E-state index < -0.39 is 10.2 Å². The predicted octanol–water partition coefficient (Wildman–Crippen LogP) is 0.766. The number of carbonyl (C=O) groups excluding carboxylic acids is 1. The first kappa shape index (κ1) is 21.0. The van der Waals surface area contributed by atoms with Gasteiger partial charge in [0.05, 0.1) is 5.56 Å². The third-order valence-corrected chi connectivity index (χ3v) is 7.59. The average Bonchev–Trinajstić information content (AvgIpc) is 2.68. The Balaban J connectivity index is 1.65. The normalized spacial score (nSPS) is 20.6. The van der Waals surface area contributed by atoms with Crippen LogP contribution in [0.15, 0.2) is 18.2 Å². The van der Waals surface area contributed by atoms with Crippen LogP contribution in [-0.2, 0) is 10.2 Å². The topological polar surface area (TPSA) is 84.4 Å². The minimum atomic E-state index is -3.50. The van der Waals surface area contributed by atoms with Gasteiger partial charge in [-0.3, -0.25) is 4.79 Å². The zero-order chi connectivity index (χ0) is 20.5. The van der Waals surface area contributed by atoms with E-state index in [0.29, 0.717) is 26.2 Å². The van der Waals surface area contributed by atoms with Crippen LogP contribution in [0, 0.1) is 0 Å². The van der Waals surface area contributed by atoms with Crippen molar-refractivity contribution in [3.8, 4) is 5.75 Å². The number of benzene rings is 1. The van der Waals surface area contributed by atoms with Gasteiger partial charge in [0, 0.05) is 52.4 Å². The first-order valence-electron chi connectivity index (χ1n) is 9.76. The van der Waals surface area contributed by atoms with Gasteiger partial charge < -0.3 is 14.9 Å². The van der Waals surface area contributed by atoms with Crippen LogP contribution in [0.25, 0.3) is 0 Å². The molecule has 9 heteroatoms. The van der Waals surface area contributed by atoms with E-state index in [2.05, 4.69) is 4.90 Å². The average molecular weight is 411 g/mol. The Kier molecular flexibility index (Phi) is 6.28. The van der Waals surface area contributed by atoms with Crippen LogP contribution in [0.2, 0.25) is 0 Å². The number of aromatic hydroxyl groups is 1. The SMILES string of the molecule is CC(C)c1ccc(O)c(C(=O)N2CCN(S(=O)(=O)N3CCN(C)CC3)CC2)c1. The van der Waals surface area contributed by atoms with Crippen LogP contribution < -0.4 is 0 Å². The molecule has 1 aromatic rings. The number of hydrogen-bond acceptors (Lipinski definition) is 5. The van der Waals surface area contributed by atoms with Crippen molar-refractivity contribution in [3.63, 3.8) is 0 Å². The molecule has 0 aliphatic carbocycles. The second-order valence-electron chi connectivity index (χ2n) is 7.83. The van der Waals surface area contributed by atoms with Gasteiger partial charge >= 0.3 is 0 Å². The molecule has 2 saturated heterocycles. The second kappa shape index (κ2) is 8.36. The number of carbonyl (C=O) groups is 1. The Hall–Kier alpha value is -1.68. The molecule has 0 radical (unpaired) electrons. The third-order valence-electron chi connectivity index (χ3n) is 5.56. The lowest BCUT2D eigenvalue weighted by Gasteiger charge is -2.39. The minimum Gasteiger partial charge on any atom is -0.507 e. The monoisotopic (exact) mass is 410 g/mol. The van der Waals surface area contributed by atoms with Gasteiger partial charge in [-0.1, -0.05) is 19.9 Å². The largest absolute Gasteiger partial charge is 0.507 e. The molecule has 2 fully saturated rings. The lowest BCUT2D eigenvalue weighted by atomic mass is 9.99. The summed E-state index contributed by atoms with van der Waals surface area (Å²) in [6.45, 7) is 7.67. The van der Waals surface area contributed by atoms with Crippen molar-refractivity contribution < 1.29 is 18.3 Å². The van der Waals surface area contributed by atoms with Gasteiger partial charge in [0.15, 0.2) is 0 Å². The Bertz CT molecular complexity index is 811. The zero-order valence-electron chi connectivity index (χ0n) is 16.8. The highest BCUT2D eigenvalue weighted by atomic mass is 32.2. The fraction of sp³-hybridized carbons (Fsp3) is 0.632. The van der Waals surface area contributed by atoms with Gasteiger partial charge in [-0.15, -0.1) is 0 Å². The molecule has 1 aromatic carbocycles. The molecule has 2 aliphatic heterocycles. The van der Waals surface area contributed by atoms with E-state index in [1.165, 1.54) is 8.61 Å². The molecule has 2 heterocycles. The van der Waals surface area contributed by atoms with Gasteiger partial charge in [-0.2, -0.15) is 17.0 Å². The molecule has 0 unspecified atom stereocenters. The Labute approximate surface area is 167 Å². The molecule has 0 atom stereocenters. The fourth-order valence-corrected chi connectivity index (χ4v) is 5.13. The summed E-state index contributed by atoms with van der Waals surface area (Å²) >= 11 is 0. The van der Waals surface area contributed by atoms with Crippen LogP contribution in [-0.4, -0.2) is 97.2 Å². The molecule has 3 rings (SSSR count). The summed E-state index contributed by atoms with van der Waals surface area (Å²) in [7, 11) is -1.51. The van der Waals surface area contributed by atoms with Gasteiger partial charge in [-0.25, -0.2) is 0 Å². The first-order valence-corrected chi connectivity index (χ1v) is 11.2. The standard InChI is InChI=1S/C19H30N4O4S/c1-15(2)16-4-5-18(24)17(14-16)19(25)21-8-12-23(13-9-21)28(26,27)22-10-6-20(3)7-11-22/h4-5,14-15,24H,6-13H2,1-3H3. The molecular formula is C19H30N4O4S. The highest BCUT2D eigenvalue weighted by molar-refractivity contribution is 7.86. The van der Waals surface area contributed by atoms with Gasteiger partial charge in [0.2, 0.25) is 0 Å². The summed E-state index contributed by atoms with van der Waals surface area (Å²) < 4.78 is 28.7. The second-order valence-corrected chi connectivity index (χ2v) is 9.76. The molecule has 8 nitrogen and oxygen atoms in total. The van der Waals surface area contributed by atoms with Crippen molar-refractivity contribution in [1.29, 1.82) is 0 Å². The van der Waals surface area contributed by atoms with E-state index in [1.54, 1.807) is 17.0 Å². The molecule has 1 amide bonds. The molecule has 0 spiro atoms. The summed E-state index contributed by atoms with van der Waals surface area (Å²) in [5, 5.41) is 10.1. The van der Waals surface area contributed by atoms with Crippen molar-refractivity contribution in [1.82, 2.24) is 18.4 Å². The van der Waals surface area contributed by atoms with Crippen LogP contribution in [0.5, 0.6) is 5.75 Å². The summed E-state index contributed by atoms with van der Waals surface area (Å²) in [6.07, 6.45) is 0. The molecule has 28 heavy (non-hydrogen) atoms. The molecule has 2 aliphatic rings. The zero-order valence-corrected chi connectivity index (χ0v) is 17.7. The molecule has 0 aromatic heterocycles. The first-order chi connectivity index (χ1) is 13.2. The van der Waals surface area contributed by atoms with Crippen LogP contribution >= 0.6 is 0 Å². The maximum Gasteiger partial charge on any atom is 0.282 e. The number of phenols is 1. The number of nitrogens with zero attached hydrogens (tertiary/aromatic N) is 4. The number of phenolic OH excluding ortho intramolecular Hbond substituents is 1. The lowest BCUT2D eigenvalue weighted by Crippen LogP contribution is -2.57. The summed E-state index contributed by atoms with van der Waals surface area (Å²) in [5.41, 5.74) is 1.26. The maximum atomic E-state index is 12.9. The number of piperazine rings is 2. The van der Waals surface area contributed by atoms with Gasteiger partial charge in [0.25, 0.3) is 16.1 Å². The van der Waals surface area contributed by atoms with Crippen molar-refractivity contribution >= 4 is 16.1 Å². The minimum absolute atomic E-state index is 0.0399. The van der Waals surface area contributed by atoms with E-state index in [0.717, 1.165) is 18.7 Å². The summed E-state index contributed by atoms with van der Waals surface area (Å²) in [4.78, 5) is 16.6. The van der Waals surface area contributed by atoms with E-state index in [9.17, 15) is 18.3 Å². The van der Waals surface area contributed by atoms with Gasteiger partial charge in [0.1, 0.15) is 5.75 Å². The maximum absolute atomic E-state index is 12.9. The number of likely N-dealkylation sites (N-methyl/N-ethyl adjacent to an activating group) is 1. The van der Waals surface area contributed by atoms with E-state index >= 15 is 0 Å². The fourth-order valence-electron chi connectivity index (χ4n) is 3.56. The van der Waals surface area contributed by atoms with Crippen molar-refractivity contribution in [3.05, 3.63) is 29.3 Å². The number of hydrogen-bond donors (Lipinski definition) is 1. The van der Waals surface area contributed by atoms with Crippen molar-refractivity contribution in [2.24, 2.45) is 0 Å². The van der Waals surface area contributed by atoms with Crippen molar-refractivity contribution in [2.75, 3.05) is 59.4 Å². The van der Waals surface area contributed by atoms with Crippen LogP contribution in [0.3, 0.4) is 0 Å². The number of rotatable bonds is 4. The van der Waals surface area contributed by atoms with Gasteiger partial charge in [-0.05, 0) is 30.7 Å². The Morgan fingerprint density at radius 1 is 0.964 bits per heavy atom. The third kappa shape index (κ3) is 4.32. The predicted molar refractivity (Wildman–Crippen MR) is 108 cm³/mol. The molecule has 1 N–H and O–H groups in total. The van der Waals surface area contributed by atoms with E-state index in [4.69, 9.17) is 0 Å². The van der Waals surface area contributed by atoms with Crippen LogP contribution in [0.4, 0.5) is 0 Å². The smallest absolute Gasteiger partial charge is 0.282 e. The highest BCUT2D eigenvalue weighted by Gasteiger charge is 2.35. The van der Waals surface area contributed by atoms with E-state index in [-0.39, 0.29) is 36.2 Å². The molecule has 0 bridgehead atoms. The Morgan fingerprint density at radius 3 is 2.04 bits per heavy atom. The quantitative estimate of drug-likeness (QED) is 0.793. The van der Waals surface area contributed by atoms with Crippen molar-refractivity contribution in [2.45, 2.75) is 19.8 Å². The molecule has 156 valence electrons. The molecular weight excluding hydrogens is 380 g/mol. The summed E-state index contributed by atoms with van der Waals surface area (Å²) in [6, 6.07) is 5.10.